The smallest absolute Gasteiger partial charge is 0.404 e. The van der Waals surface area contributed by atoms with Gasteiger partial charge in [-0.3, -0.25) is 4.79 Å². The molecule has 0 aromatic heterocycles. The van der Waals surface area contributed by atoms with E-state index in [1.165, 1.54) is 0 Å². The van der Waals surface area contributed by atoms with Gasteiger partial charge in [-0.05, 0) is 12.8 Å². The maximum absolute atomic E-state index is 11.4. The Kier molecular flexibility index (Phi) is 8.24. The molecule has 0 heterocycles. The first-order chi connectivity index (χ1) is 7.60. The summed E-state index contributed by atoms with van der Waals surface area (Å²) < 4.78 is 4.49. The second-order valence-corrected chi connectivity index (χ2v) is 3.43. The van der Waals surface area contributed by atoms with Gasteiger partial charge in [-0.25, -0.2) is 4.79 Å². The number of carbonyl (C=O) groups excluding carboxylic acids is 2. The van der Waals surface area contributed by atoms with Gasteiger partial charge < -0.3 is 21.1 Å². The molecule has 4 N–H and O–H groups in total. The molecule has 16 heavy (non-hydrogen) atoms. The minimum Gasteiger partial charge on any atom is -0.448 e. The Labute approximate surface area is 95.9 Å². The summed E-state index contributed by atoms with van der Waals surface area (Å²) in [5.74, 6) is -0.0484. The molecule has 0 aliphatic rings. The summed E-state index contributed by atoms with van der Waals surface area (Å²) >= 11 is 0. The highest BCUT2D eigenvalue weighted by Gasteiger charge is 2.07. The minimum absolute atomic E-state index is 0.0484. The van der Waals surface area contributed by atoms with E-state index < -0.39 is 6.09 Å². The van der Waals surface area contributed by atoms with Crippen LogP contribution in [-0.4, -0.2) is 37.7 Å². The van der Waals surface area contributed by atoms with E-state index in [-0.39, 0.29) is 25.1 Å². The van der Waals surface area contributed by atoms with E-state index in [0.29, 0.717) is 6.54 Å². The van der Waals surface area contributed by atoms with Gasteiger partial charge in [0.05, 0.1) is 6.54 Å². The average molecular weight is 231 g/mol. The molecule has 0 fully saturated rings. The molecule has 2 amide bonds. The monoisotopic (exact) mass is 231 g/mol. The predicted octanol–water partition coefficient (Wildman–Crippen LogP) is -0.0239. The van der Waals surface area contributed by atoms with Crippen LogP contribution in [0.4, 0.5) is 4.79 Å². The normalized spacial score (nSPS) is 10.2. The fourth-order valence-electron chi connectivity index (χ4n) is 1.20. The molecule has 0 spiro atoms. The number of hydrogen-bond acceptors (Lipinski definition) is 4. The van der Waals surface area contributed by atoms with Crippen molar-refractivity contribution < 1.29 is 14.3 Å². The summed E-state index contributed by atoms with van der Waals surface area (Å²) in [7, 11) is 0. The predicted molar refractivity (Wildman–Crippen MR) is 60.9 cm³/mol. The second-order valence-electron chi connectivity index (χ2n) is 3.43. The molecule has 0 aliphatic carbocycles. The first-order valence-corrected chi connectivity index (χ1v) is 5.52. The van der Waals surface area contributed by atoms with E-state index in [1.807, 2.05) is 13.8 Å². The highest BCUT2D eigenvalue weighted by atomic mass is 16.5. The third-order valence-electron chi connectivity index (χ3n) is 2.16. The maximum Gasteiger partial charge on any atom is 0.404 e. The molecule has 0 bridgehead atoms. The zero-order valence-electron chi connectivity index (χ0n) is 9.91. The van der Waals surface area contributed by atoms with Crippen molar-refractivity contribution in [3.63, 3.8) is 0 Å². The quantitative estimate of drug-likeness (QED) is 0.512. The maximum atomic E-state index is 11.4. The average Bonchev–Trinajstić information content (AvgIpc) is 2.25. The van der Waals surface area contributed by atoms with Gasteiger partial charge in [-0.1, -0.05) is 13.8 Å². The van der Waals surface area contributed by atoms with Gasteiger partial charge in [0.25, 0.3) is 0 Å². The number of ether oxygens (including phenoxy) is 1. The highest BCUT2D eigenvalue weighted by Crippen LogP contribution is 1.94. The first-order valence-electron chi connectivity index (χ1n) is 5.52. The molecule has 0 unspecified atom stereocenters. The number of nitrogens with two attached hydrogens (primary N) is 1. The van der Waals surface area contributed by atoms with E-state index in [1.54, 1.807) is 0 Å². The molecule has 0 aromatic rings. The van der Waals surface area contributed by atoms with Gasteiger partial charge in [0, 0.05) is 12.6 Å². The van der Waals surface area contributed by atoms with Crippen molar-refractivity contribution in [1.82, 2.24) is 10.6 Å². The van der Waals surface area contributed by atoms with E-state index in [9.17, 15) is 9.59 Å². The third kappa shape index (κ3) is 8.05. The number of primary amides is 1. The Morgan fingerprint density at radius 3 is 2.44 bits per heavy atom. The van der Waals surface area contributed by atoms with Crippen LogP contribution < -0.4 is 16.4 Å². The van der Waals surface area contributed by atoms with Crippen LogP contribution in [0, 0.1) is 0 Å². The zero-order valence-corrected chi connectivity index (χ0v) is 9.91. The molecule has 6 heteroatoms. The second kappa shape index (κ2) is 8.96. The van der Waals surface area contributed by atoms with Crippen molar-refractivity contribution in [1.29, 1.82) is 0 Å². The summed E-state index contributed by atoms with van der Waals surface area (Å²) in [4.78, 5) is 21.6. The van der Waals surface area contributed by atoms with E-state index in [4.69, 9.17) is 5.73 Å². The minimum atomic E-state index is -0.803. The number of nitrogens with one attached hydrogen (secondary N) is 2. The fourth-order valence-corrected chi connectivity index (χ4v) is 1.20. The lowest BCUT2D eigenvalue weighted by molar-refractivity contribution is -0.121. The highest BCUT2D eigenvalue weighted by molar-refractivity contribution is 5.78. The van der Waals surface area contributed by atoms with Gasteiger partial charge in [0.2, 0.25) is 5.91 Å². The van der Waals surface area contributed by atoms with Gasteiger partial charge in [-0.2, -0.15) is 0 Å². The number of hydrogen-bond donors (Lipinski definition) is 3. The number of rotatable bonds is 8. The molecule has 0 aromatic carbocycles. The topological polar surface area (TPSA) is 93.4 Å². The molecular weight excluding hydrogens is 210 g/mol. The molecule has 0 aliphatic heterocycles. The lowest BCUT2D eigenvalue weighted by atomic mass is 10.2. The van der Waals surface area contributed by atoms with Gasteiger partial charge in [0.15, 0.2) is 0 Å². The zero-order chi connectivity index (χ0) is 12.4. The Morgan fingerprint density at radius 1 is 1.31 bits per heavy atom. The van der Waals surface area contributed by atoms with Crippen molar-refractivity contribution in [2.24, 2.45) is 5.73 Å². The van der Waals surface area contributed by atoms with Gasteiger partial charge in [-0.15, -0.1) is 0 Å². The van der Waals surface area contributed by atoms with Crippen molar-refractivity contribution in [3.05, 3.63) is 0 Å². The van der Waals surface area contributed by atoms with Crippen LogP contribution in [0.25, 0.3) is 0 Å². The van der Waals surface area contributed by atoms with Crippen molar-refractivity contribution in [3.8, 4) is 0 Å². The van der Waals surface area contributed by atoms with Crippen LogP contribution in [0.5, 0.6) is 0 Å². The third-order valence-corrected chi connectivity index (χ3v) is 2.16. The van der Waals surface area contributed by atoms with Crippen LogP contribution in [0.2, 0.25) is 0 Å². The SMILES string of the molecule is CCC(CC)NC(=O)CNCCOC(N)=O. The molecule has 0 atom stereocenters. The Bertz CT molecular complexity index is 217. The standard InChI is InChI=1S/C10H21N3O3/c1-3-8(4-2)13-9(14)7-12-5-6-16-10(11)15/h8,12H,3-7H2,1-2H3,(H2,11,15)(H,13,14). The molecular formula is C10H21N3O3. The Hall–Kier alpha value is -1.30. The summed E-state index contributed by atoms with van der Waals surface area (Å²) in [6.45, 7) is 4.87. The molecule has 0 radical (unpaired) electrons. The van der Waals surface area contributed by atoms with Crippen molar-refractivity contribution >= 4 is 12.0 Å². The van der Waals surface area contributed by atoms with E-state index in [2.05, 4.69) is 15.4 Å². The summed E-state index contributed by atoms with van der Waals surface area (Å²) in [6, 6.07) is 0.233. The largest absolute Gasteiger partial charge is 0.448 e. The number of amides is 2. The molecule has 0 rings (SSSR count). The molecule has 0 saturated carbocycles. The first kappa shape index (κ1) is 14.7. The lowest BCUT2D eigenvalue weighted by Crippen LogP contribution is -2.40. The Balaban J connectivity index is 3.46. The van der Waals surface area contributed by atoms with Crippen LogP contribution in [0.15, 0.2) is 0 Å². The summed E-state index contributed by atoms with van der Waals surface area (Å²) in [5, 5.41) is 5.73. The van der Waals surface area contributed by atoms with Crippen molar-refractivity contribution in [2.75, 3.05) is 19.7 Å². The molecule has 0 saturated heterocycles. The van der Waals surface area contributed by atoms with Crippen LogP contribution in [0.3, 0.4) is 0 Å². The van der Waals surface area contributed by atoms with Gasteiger partial charge in [0.1, 0.15) is 6.61 Å². The number of carbonyl (C=O) groups is 2. The Morgan fingerprint density at radius 2 is 1.94 bits per heavy atom. The van der Waals surface area contributed by atoms with Crippen molar-refractivity contribution in [2.45, 2.75) is 32.7 Å². The van der Waals surface area contributed by atoms with E-state index in [0.717, 1.165) is 12.8 Å². The summed E-state index contributed by atoms with van der Waals surface area (Å²) in [6.07, 6.45) is 1.04. The van der Waals surface area contributed by atoms with Crippen LogP contribution >= 0.6 is 0 Å². The summed E-state index contributed by atoms with van der Waals surface area (Å²) in [5.41, 5.74) is 4.77. The van der Waals surface area contributed by atoms with Crippen LogP contribution in [0.1, 0.15) is 26.7 Å². The van der Waals surface area contributed by atoms with Gasteiger partial charge >= 0.3 is 6.09 Å². The lowest BCUT2D eigenvalue weighted by Gasteiger charge is -2.14. The van der Waals surface area contributed by atoms with E-state index >= 15 is 0 Å². The molecule has 94 valence electrons. The van der Waals surface area contributed by atoms with Crippen LogP contribution in [-0.2, 0) is 9.53 Å². The fraction of sp³-hybridized carbons (Fsp3) is 0.800. The molecule has 6 nitrogen and oxygen atoms in total.